The van der Waals surface area contributed by atoms with E-state index >= 15 is 0 Å². The van der Waals surface area contributed by atoms with Crippen molar-refractivity contribution in [2.75, 3.05) is 10.6 Å². The number of nitrogens with two attached hydrogens (primary N) is 1. The van der Waals surface area contributed by atoms with Crippen LogP contribution < -0.4 is 10.6 Å². The molecule has 0 saturated carbocycles. The Morgan fingerprint density at radius 2 is 1.90 bits per heavy atom. The molecule has 0 aliphatic rings. The Balaban J connectivity index is 2.25. The second-order valence-electron chi connectivity index (χ2n) is 5.51. The maximum absolute atomic E-state index is 6.04. The van der Waals surface area contributed by atoms with E-state index in [1.165, 1.54) is 11.5 Å². The fourth-order valence-corrected chi connectivity index (χ4v) is 2.85. The molecule has 2 aromatic rings. The van der Waals surface area contributed by atoms with E-state index in [4.69, 9.17) is 5.73 Å². The Morgan fingerprint density at radius 1 is 1.20 bits per heavy atom. The van der Waals surface area contributed by atoms with E-state index in [0.717, 1.165) is 28.8 Å². The van der Waals surface area contributed by atoms with Crippen LogP contribution in [-0.4, -0.2) is 15.4 Å². The van der Waals surface area contributed by atoms with E-state index < -0.39 is 0 Å². The molecule has 0 fully saturated rings. The van der Waals surface area contributed by atoms with Crippen LogP contribution in [0.5, 0.6) is 0 Å². The van der Waals surface area contributed by atoms with Gasteiger partial charge in [-0.2, -0.15) is 4.37 Å². The molecule has 0 spiro atoms. The Kier molecular flexibility index (Phi) is 4.60. The van der Waals surface area contributed by atoms with Gasteiger partial charge in [-0.1, -0.05) is 32.0 Å². The number of anilines is 2. The second-order valence-corrected chi connectivity index (χ2v) is 6.24. The first-order valence-corrected chi connectivity index (χ1v) is 7.70. The molecular weight excluding hydrogens is 268 g/mol. The minimum atomic E-state index is 0.350. The largest absolute Gasteiger partial charge is 0.398 e. The van der Waals surface area contributed by atoms with Crippen molar-refractivity contribution < 1.29 is 0 Å². The zero-order valence-corrected chi connectivity index (χ0v) is 13.3. The summed E-state index contributed by atoms with van der Waals surface area (Å²) in [6.07, 6.45) is 0. The summed E-state index contributed by atoms with van der Waals surface area (Å²) < 4.78 is 4.44. The molecule has 5 heteroatoms. The number of para-hydroxylation sites is 1. The van der Waals surface area contributed by atoms with Gasteiger partial charge in [0.2, 0.25) is 5.13 Å². The number of aromatic nitrogens is 2. The smallest absolute Gasteiger partial charge is 0.205 e. The van der Waals surface area contributed by atoms with Gasteiger partial charge in [0.25, 0.3) is 0 Å². The van der Waals surface area contributed by atoms with Crippen LogP contribution in [0, 0.1) is 0 Å². The highest BCUT2D eigenvalue weighted by molar-refractivity contribution is 7.09. The molecule has 1 aromatic carbocycles. The summed E-state index contributed by atoms with van der Waals surface area (Å²) in [7, 11) is 0. The minimum absolute atomic E-state index is 0.350. The molecule has 0 radical (unpaired) electrons. The third kappa shape index (κ3) is 3.28. The number of nitrogen functional groups attached to an aromatic ring is 1. The molecule has 0 aliphatic heterocycles. The number of nitrogens with zero attached hydrogens (tertiary/aromatic N) is 3. The summed E-state index contributed by atoms with van der Waals surface area (Å²) in [5.74, 6) is 1.27. The lowest BCUT2D eigenvalue weighted by molar-refractivity contribution is 0.676. The van der Waals surface area contributed by atoms with E-state index in [9.17, 15) is 0 Å². The van der Waals surface area contributed by atoms with Gasteiger partial charge in [0.1, 0.15) is 5.82 Å². The van der Waals surface area contributed by atoms with Crippen LogP contribution in [0.25, 0.3) is 0 Å². The predicted octanol–water partition coefficient (Wildman–Crippen LogP) is 3.66. The zero-order chi connectivity index (χ0) is 14.7. The van der Waals surface area contributed by atoms with E-state index in [-0.39, 0.29) is 0 Å². The maximum Gasteiger partial charge on any atom is 0.205 e. The Bertz CT molecular complexity index is 563. The van der Waals surface area contributed by atoms with Crippen LogP contribution in [0.15, 0.2) is 24.3 Å². The monoisotopic (exact) mass is 290 g/mol. The molecule has 0 bridgehead atoms. The van der Waals surface area contributed by atoms with Crippen LogP contribution in [0.1, 0.15) is 45.0 Å². The summed E-state index contributed by atoms with van der Waals surface area (Å²) in [5, 5.41) is 0.965. The highest BCUT2D eigenvalue weighted by atomic mass is 32.1. The molecule has 0 aliphatic carbocycles. The van der Waals surface area contributed by atoms with Crippen molar-refractivity contribution in [1.29, 1.82) is 0 Å². The molecule has 2 rings (SSSR count). The summed E-state index contributed by atoms with van der Waals surface area (Å²) >= 11 is 1.46. The van der Waals surface area contributed by atoms with Gasteiger partial charge in [-0.15, -0.1) is 0 Å². The minimum Gasteiger partial charge on any atom is -0.398 e. The summed E-state index contributed by atoms with van der Waals surface area (Å²) in [6, 6.07) is 8.33. The molecule has 0 amide bonds. The lowest BCUT2D eigenvalue weighted by Crippen LogP contribution is -2.30. The first-order chi connectivity index (χ1) is 9.49. The van der Waals surface area contributed by atoms with Crippen LogP contribution >= 0.6 is 11.5 Å². The molecular formula is C15H22N4S. The second kappa shape index (κ2) is 6.22. The highest BCUT2D eigenvalue weighted by Gasteiger charge is 2.18. The average Bonchev–Trinajstić information content (AvgIpc) is 2.87. The van der Waals surface area contributed by atoms with Gasteiger partial charge in [-0.3, -0.25) is 0 Å². The molecule has 108 valence electrons. The van der Waals surface area contributed by atoms with Gasteiger partial charge in [-0.25, -0.2) is 4.98 Å². The van der Waals surface area contributed by atoms with E-state index in [1.807, 2.05) is 18.2 Å². The molecule has 1 heterocycles. The number of rotatable bonds is 5. The van der Waals surface area contributed by atoms with Crippen LogP contribution in [0.2, 0.25) is 0 Å². The SMILES string of the molecule is CC(C)c1nsc(N(Cc2ccccc2N)C(C)C)n1. The lowest BCUT2D eigenvalue weighted by Gasteiger charge is -2.26. The maximum atomic E-state index is 6.04. The molecule has 20 heavy (non-hydrogen) atoms. The van der Waals surface area contributed by atoms with E-state index in [2.05, 4.69) is 48.0 Å². The lowest BCUT2D eigenvalue weighted by atomic mass is 10.1. The van der Waals surface area contributed by atoms with Crippen molar-refractivity contribution in [2.45, 2.75) is 46.2 Å². The summed E-state index contributed by atoms with van der Waals surface area (Å²) in [5.41, 5.74) is 7.99. The summed E-state index contributed by atoms with van der Waals surface area (Å²) in [6.45, 7) is 9.31. The number of hydrogen-bond donors (Lipinski definition) is 1. The molecule has 2 N–H and O–H groups in total. The Hall–Kier alpha value is -1.62. The molecule has 1 aromatic heterocycles. The van der Waals surface area contributed by atoms with Gasteiger partial charge in [-0.05, 0) is 25.5 Å². The van der Waals surface area contributed by atoms with Crippen molar-refractivity contribution in [3.63, 3.8) is 0 Å². The van der Waals surface area contributed by atoms with Crippen LogP contribution in [0.3, 0.4) is 0 Å². The highest BCUT2D eigenvalue weighted by Crippen LogP contribution is 2.26. The topological polar surface area (TPSA) is 55.0 Å². The van der Waals surface area contributed by atoms with Crippen molar-refractivity contribution in [1.82, 2.24) is 9.36 Å². The quantitative estimate of drug-likeness (QED) is 0.854. The Morgan fingerprint density at radius 3 is 2.45 bits per heavy atom. The van der Waals surface area contributed by atoms with Gasteiger partial charge in [0.15, 0.2) is 0 Å². The van der Waals surface area contributed by atoms with Gasteiger partial charge >= 0.3 is 0 Å². The fraction of sp³-hybridized carbons (Fsp3) is 0.467. The molecule has 0 unspecified atom stereocenters. The van der Waals surface area contributed by atoms with Crippen molar-refractivity contribution in [3.8, 4) is 0 Å². The average molecular weight is 290 g/mol. The predicted molar refractivity (Wildman–Crippen MR) is 86.2 cm³/mol. The van der Waals surface area contributed by atoms with E-state index in [0.29, 0.717) is 12.0 Å². The summed E-state index contributed by atoms with van der Waals surface area (Å²) in [4.78, 5) is 6.89. The first-order valence-electron chi connectivity index (χ1n) is 6.92. The van der Waals surface area contributed by atoms with Gasteiger partial charge in [0.05, 0.1) is 0 Å². The van der Waals surface area contributed by atoms with Crippen LogP contribution in [-0.2, 0) is 6.54 Å². The third-order valence-corrected chi connectivity index (χ3v) is 3.98. The molecule has 0 atom stereocenters. The Labute approximate surface area is 124 Å². The van der Waals surface area contributed by atoms with Crippen molar-refractivity contribution >= 4 is 22.4 Å². The van der Waals surface area contributed by atoms with Crippen LogP contribution in [0.4, 0.5) is 10.8 Å². The zero-order valence-electron chi connectivity index (χ0n) is 12.5. The fourth-order valence-electron chi connectivity index (χ4n) is 1.91. The number of hydrogen-bond acceptors (Lipinski definition) is 5. The third-order valence-electron chi connectivity index (χ3n) is 3.21. The number of benzene rings is 1. The van der Waals surface area contributed by atoms with Gasteiger partial charge in [0, 0.05) is 35.7 Å². The standard InChI is InChI=1S/C15H22N4S/c1-10(2)14-17-15(20-18-14)19(11(3)4)9-12-7-5-6-8-13(12)16/h5-8,10-11H,9,16H2,1-4H3. The molecule has 4 nitrogen and oxygen atoms in total. The molecule has 0 saturated heterocycles. The first kappa shape index (κ1) is 14.8. The van der Waals surface area contributed by atoms with Crippen molar-refractivity contribution in [2.24, 2.45) is 0 Å². The normalized spacial score (nSPS) is 11.3. The van der Waals surface area contributed by atoms with Gasteiger partial charge < -0.3 is 10.6 Å². The van der Waals surface area contributed by atoms with E-state index in [1.54, 1.807) is 0 Å². The van der Waals surface area contributed by atoms with Crippen molar-refractivity contribution in [3.05, 3.63) is 35.7 Å².